The first-order chi connectivity index (χ1) is 8.29. The number of rotatable bonds is 5. The SMILES string of the molecule is CCn1nccc1CNCc1ccnc(C)n1. The molecule has 0 radical (unpaired) electrons. The predicted molar refractivity (Wildman–Crippen MR) is 65.2 cm³/mol. The van der Waals surface area contributed by atoms with Gasteiger partial charge in [0.2, 0.25) is 0 Å². The molecule has 2 rings (SSSR count). The van der Waals surface area contributed by atoms with Crippen LogP contribution in [-0.2, 0) is 19.6 Å². The third-order valence-corrected chi connectivity index (χ3v) is 2.55. The minimum Gasteiger partial charge on any atom is -0.306 e. The molecule has 17 heavy (non-hydrogen) atoms. The van der Waals surface area contributed by atoms with Crippen LogP contribution in [0.3, 0.4) is 0 Å². The number of aryl methyl sites for hydroxylation is 2. The van der Waals surface area contributed by atoms with Gasteiger partial charge in [0.25, 0.3) is 0 Å². The molecule has 0 saturated carbocycles. The molecular weight excluding hydrogens is 214 g/mol. The first-order valence-corrected chi connectivity index (χ1v) is 5.79. The van der Waals surface area contributed by atoms with Crippen molar-refractivity contribution in [1.82, 2.24) is 25.1 Å². The Morgan fingerprint density at radius 1 is 1.24 bits per heavy atom. The van der Waals surface area contributed by atoms with Crippen LogP contribution in [0.1, 0.15) is 24.1 Å². The maximum atomic E-state index is 4.34. The van der Waals surface area contributed by atoms with E-state index in [4.69, 9.17) is 0 Å². The summed E-state index contributed by atoms with van der Waals surface area (Å²) in [5, 5.41) is 7.58. The average Bonchev–Trinajstić information content (AvgIpc) is 2.77. The summed E-state index contributed by atoms with van der Waals surface area (Å²) in [7, 11) is 0. The molecule has 0 amide bonds. The molecule has 0 saturated heterocycles. The monoisotopic (exact) mass is 231 g/mol. The van der Waals surface area contributed by atoms with E-state index in [1.54, 1.807) is 6.20 Å². The second kappa shape index (κ2) is 5.54. The maximum Gasteiger partial charge on any atom is 0.125 e. The van der Waals surface area contributed by atoms with Crippen LogP contribution in [-0.4, -0.2) is 19.7 Å². The molecule has 90 valence electrons. The molecule has 5 nitrogen and oxygen atoms in total. The van der Waals surface area contributed by atoms with Crippen molar-refractivity contribution in [2.45, 2.75) is 33.5 Å². The molecule has 0 spiro atoms. The van der Waals surface area contributed by atoms with E-state index in [-0.39, 0.29) is 0 Å². The molecule has 2 heterocycles. The molecule has 2 aromatic rings. The molecular formula is C12H17N5. The molecule has 0 aliphatic heterocycles. The quantitative estimate of drug-likeness (QED) is 0.842. The lowest BCUT2D eigenvalue weighted by molar-refractivity contribution is 0.577. The molecule has 0 fully saturated rings. The molecule has 0 atom stereocenters. The van der Waals surface area contributed by atoms with Gasteiger partial charge in [0.15, 0.2) is 0 Å². The summed E-state index contributed by atoms with van der Waals surface area (Å²) in [5.74, 6) is 0.808. The molecule has 1 N–H and O–H groups in total. The van der Waals surface area contributed by atoms with E-state index in [0.717, 1.165) is 31.2 Å². The van der Waals surface area contributed by atoms with Crippen LogP contribution in [0.15, 0.2) is 24.5 Å². The fourth-order valence-electron chi connectivity index (χ4n) is 1.72. The van der Waals surface area contributed by atoms with Crippen molar-refractivity contribution in [2.24, 2.45) is 0 Å². The van der Waals surface area contributed by atoms with E-state index in [9.17, 15) is 0 Å². The van der Waals surface area contributed by atoms with E-state index in [2.05, 4.69) is 27.3 Å². The van der Waals surface area contributed by atoms with Gasteiger partial charge in [-0.1, -0.05) is 0 Å². The molecule has 0 aliphatic carbocycles. The minimum atomic E-state index is 0.748. The van der Waals surface area contributed by atoms with Crippen LogP contribution in [0.25, 0.3) is 0 Å². The Bertz CT molecular complexity index is 477. The van der Waals surface area contributed by atoms with Crippen molar-refractivity contribution in [1.29, 1.82) is 0 Å². The van der Waals surface area contributed by atoms with Crippen LogP contribution >= 0.6 is 0 Å². The van der Waals surface area contributed by atoms with Gasteiger partial charge in [0.1, 0.15) is 5.82 Å². The van der Waals surface area contributed by atoms with Crippen molar-refractivity contribution in [3.63, 3.8) is 0 Å². The van der Waals surface area contributed by atoms with Gasteiger partial charge in [-0.3, -0.25) is 4.68 Å². The van der Waals surface area contributed by atoms with Crippen LogP contribution in [0.2, 0.25) is 0 Å². The van der Waals surface area contributed by atoms with Gasteiger partial charge in [-0.05, 0) is 26.0 Å². The van der Waals surface area contributed by atoms with E-state index in [1.807, 2.05) is 29.9 Å². The normalized spacial score (nSPS) is 10.7. The molecule has 0 bridgehead atoms. The molecule has 0 aliphatic rings. The van der Waals surface area contributed by atoms with Crippen molar-refractivity contribution in [3.8, 4) is 0 Å². The average molecular weight is 231 g/mol. The number of nitrogens with one attached hydrogen (secondary N) is 1. The first-order valence-electron chi connectivity index (χ1n) is 5.79. The summed E-state index contributed by atoms with van der Waals surface area (Å²) < 4.78 is 1.98. The summed E-state index contributed by atoms with van der Waals surface area (Å²) in [6.07, 6.45) is 3.62. The highest BCUT2D eigenvalue weighted by Crippen LogP contribution is 1.99. The largest absolute Gasteiger partial charge is 0.306 e. The Kier molecular flexibility index (Phi) is 3.82. The summed E-state index contributed by atoms with van der Waals surface area (Å²) in [5.41, 5.74) is 2.21. The fourth-order valence-corrected chi connectivity index (χ4v) is 1.72. The number of hydrogen-bond donors (Lipinski definition) is 1. The smallest absolute Gasteiger partial charge is 0.125 e. The summed E-state index contributed by atoms with van der Waals surface area (Å²) in [4.78, 5) is 8.41. The Labute approximate surface area is 101 Å². The lowest BCUT2D eigenvalue weighted by Gasteiger charge is -2.06. The maximum absolute atomic E-state index is 4.34. The number of nitrogens with zero attached hydrogens (tertiary/aromatic N) is 4. The number of aromatic nitrogens is 4. The van der Waals surface area contributed by atoms with E-state index in [0.29, 0.717) is 0 Å². The van der Waals surface area contributed by atoms with Gasteiger partial charge < -0.3 is 5.32 Å². The third kappa shape index (κ3) is 3.10. The summed E-state index contributed by atoms with van der Waals surface area (Å²) >= 11 is 0. The Balaban J connectivity index is 1.87. The van der Waals surface area contributed by atoms with Crippen LogP contribution < -0.4 is 5.32 Å². The first kappa shape index (κ1) is 11.7. The van der Waals surface area contributed by atoms with Crippen LogP contribution in [0, 0.1) is 6.92 Å². The predicted octanol–water partition coefficient (Wildman–Crippen LogP) is 1.29. The van der Waals surface area contributed by atoms with E-state index >= 15 is 0 Å². The Hall–Kier alpha value is -1.75. The molecule has 5 heteroatoms. The second-order valence-corrected chi connectivity index (χ2v) is 3.84. The third-order valence-electron chi connectivity index (χ3n) is 2.55. The van der Waals surface area contributed by atoms with Crippen molar-refractivity contribution in [2.75, 3.05) is 0 Å². The lowest BCUT2D eigenvalue weighted by atomic mass is 10.3. The van der Waals surface area contributed by atoms with Gasteiger partial charge in [0.05, 0.1) is 11.4 Å². The van der Waals surface area contributed by atoms with Crippen molar-refractivity contribution in [3.05, 3.63) is 41.7 Å². The second-order valence-electron chi connectivity index (χ2n) is 3.84. The topological polar surface area (TPSA) is 55.6 Å². The summed E-state index contributed by atoms with van der Waals surface area (Å²) in [6, 6.07) is 3.96. The highest BCUT2D eigenvalue weighted by molar-refractivity contribution is 5.03. The number of hydrogen-bond acceptors (Lipinski definition) is 4. The van der Waals surface area contributed by atoms with Crippen LogP contribution in [0.4, 0.5) is 0 Å². The zero-order valence-electron chi connectivity index (χ0n) is 10.2. The Morgan fingerprint density at radius 3 is 2.88 bits per heavy atom. The summed E-state index contributed by atoms with van der Waals surface area (Å²) in [6.45, 7) is 6.44. The van der Waals surface area contributed by atoms with E-state index < -0.39 is 0 Å². The van der Waals surface area contributed by atoms with Gasteiger partial charge in [-0.25, -0.2) is 9.97 Å². The lowest BCUT2D eigenvalue weighted by Crippen LogP contribution is -2.17. The minimum absolute atomic E-state index is 0.748. The van der Waals surface area contributed by atoms with Gasteiger partial charge in [0, 0.05) is 32.0 Å². The van der Waals surface area contributed by atoms with Gasteiger partial charge >= 0.3 is 0 Å². The standard InChI is InChI=1S/C12H17N5/c1-3-17-12(5-7-15-17)9-13-8-11-4-6-14-10(2)16-11/h4-7,13H,3,8-9H2,1-2H3. The van der Waals surface area contributed by atoms with Gasteiger partial charge in [-0.15, -0.1) is 0 Å². The highest BCUT2D eigenvalue weighted by Gasteiger charge is 2.00. The van der Waals surface area contributed by atoms with Crippen LogP contribution in [0.5, 0.6) is 0 Å². The zero-order valence-corrected chi connectivity index (χ0v) is 10.2. The zero-order chi connectivity index (χ0) is 12.1. The van der Waals surface area contributed by atoms with Gasteiger partial charge in [-0.2, -0.15) is 5.10 Å². The fraction of sp³-hybridized carbons (Fsp3) is 0.417. The highest BCUT2D eigenvalue weighted by atomic mass is 15.3. The van der Waals surface area contributed by atoms with E-state index in [1.165, 1.54) is 5.69 Å². The molecule has 2 aromatic heterocycles. The molecule has 0 unspecified atom stereocenters. The van der Waals surface area contributed by atoms with Crippen molar-refractivity contribution >= 4 is 0 Å². The Morgan fingerprint density at radius 2 is 2.12 bits per heavy atom. The molecule has 0 aromatic carbocycles. The van der Waals surface area contributed by atoms with Crippen molar-refractivity contribution < 1.29 is 0 Å².